The number of hydrogen-bond donors (Lipinski definition) is 1. The average Bonchev–Trinajstić information content (AvgIpc) is 2.36. The van der Waals surface area contributed by atoms with Crippen LogP contribution in [0, 0.1) is 11.7 Å². The van der Waals surface area contributed by atoms with Crippen molar-refractivity contribution < 1.29 is 9.18 Å². The van der Waals surface area contributed by atoms with E-state index in [1.807, 2.05) is 0 Å². The fourth-order valence-electron chi connectivity index (χ4n) is 1.97. The summed E-state index contributed by atoms with van der Waals surface area (Å²) in [5, 5.41) is 3.16. The smallest absolute Gasteiger partial charge is 0.239 e. The molecule has 0 bridgehead atoms. The lowest BCUT2D eigenvalue weighted by atomic mass is 10.0. The van der Waals surface area contributed by atoms with E-state index in [0.717, 1.165) is 10.9 Å². The van der Waals surface area contributed by atoms with Gasteiger partial charge in [-0.05, 0) is 30.5 Å². The first-order valence-electron chi connectivity index (χ1n) is 6.69. The van der Waals surface area contributed by atoms with Gasteiger partial charge in [-0.1, -0.05) is 29.8 Å². The van der Waals surface area contributed by atoms with E-state index in [2.05, 4.69) is 35.1 Å². The third-order valence-electron chi connectivity index (χ3n) is 2.99. The fraction of sp³-hybridized carbons (Fsp3) is 0.533. The van der Waals surface area contributed by atoms with Crippen molar-refractivity contribution in [2.75, 3.05) is 14.1 Å². The highest BCUT2D eigenvalue weighted by Gasteiger charge is 2.21. The molecule has 0 aliphatic rings. The number of hydrogen-bond acceptors (Lipinski definition) is 2. The van der Waals surface area contributed by atoms with Crippen LogP contribution in [0.25, 0.3) is 0 Å². The predicted molar refractivity (Wildman–Crippen MR) is 82.9 cm³/mol. The summed E-state index contributed by atoms with van der Waals surface area (Å²) in [4.78, 5) is 13.7. The zero-order valence-electron chi connectivity index (χ0n) is 12.4. The summed E-state index contributed by atoms with van der Waals surface area (Å²) in [5.74, 6) is 0.152. The Bertz CT molecular complexity index is 463. The Hall–Kier alpha value is -0.940. The molecule has 0 heterocycles. The van der Waals surface area contributed by atoms with Crippen LogP contribution in [0.3, 0.4) is 0 Å². The summed E-state index contributed by atoms with van der Waals surface area (Å²) in [6, 6.07) is 4.53. The van der Waals surface area contributed by atoms with Crippen molar-refractivity contribution in [1.82, 2.24) is 10.2 Å². The van der Waals surface area contributed by atoms with Gasteiger partial charge in [0.1, 0.15) is 5.82 Å². The molecule has 0 aliphatic carbocycles. The van der Waals surface area contributed by atoms with Crippen LogP contribution in [-0.4, -0.2) is 30.9 Å². The maximum atomic E-state index is 13.7. The van der Waals surface area contributed by atoms with Gasteiger partial charge in [-0.25, -0.2) is 4.39 Å². The topological polar surface area (TPSA) is 32.3 Å². The quantitative estimate of drug-likeness (QED) is 0.859. The molecular weight excluding hydrogens is 323 g/mol. The molecule has 5 heteroatoms. The van der Waals surface area contributed by atoms with Gasteiger partial charge in [0.25, 0.3) is 0 Å². The first kappa shape index (κ1) is 17.1. The number of halogens is 2. The van der Waals surface area contributed by atoms with Crippen molar-refractivity contribution in [1.29, 1.82) is 0 Å². The van der Waals surface area contributed by atoms with E-state index in [1.54, 1.807) is 31.1 Å². The van der Waals surface area contributed by atoms with Gasteiger partial charge >= 0.3 is 0 Å². The molecule has 3 nitrogen and oxygen atoms in total. The highest BCUT2D eigenvalue weighted by Crippen LogP contribution is 2.16. The SMILES string of the molecule is CC(C)CC(NCc1cc(Br)ccc1F)C(=O)N(C)C. The van der Waals surface area contributed by atoms with Crippen LogP contribution in [0.5, 0.6) is 0 Å². The Kier molecular flexibility index (Phi) is 6.62. The van der Waals surface area contributed by atoms with E-state index in [-0.39, 0.29) is 17.8 Å². The van der Waals surface area contributed by atoms with Gasteiger partial charge in [-0.2, -0.15) is 0 Å². The number of amides is 1. The van der Waals surface area contributed by atoms with Crippen LogP contribution in [0.1, 0.15) is 25.8 Å². The van der Waals surface area contributed by atoms with E-state index in [9.17, 15) is 9.18 Å². The van der Waals surface area contributed by atoms with E-state index in [0.29, 0.717) is 18.0 Å². The molecule has 20 heavy (non-hydrogen) atoms. The maximum Gasteiger partial charge on any atom is 0.239 e. The van der Waals surface area contributed by atoms with Crippen LogP contribution in [0.2, 0.25) is 0 Å². The molecule has 0 saturated carbocycles. The molecule has 0 radical (unpaired) electrons. The number of benzene rings is 1. The van der Waals surface area contributed by atoms with E-state index >= 15 is 0 Å². The average molecular weight is 345 g/mol. The number of nitrogens with zero attached hydrogens (tertiary/aromatic N) is 1. The number of rotatable bonds is 6. The maximum absolute atomic E-state index is 13.7. The number of carbonyl (C=O) groups is 1. The largest absolute Gasteiger partial charge is 0.347 e. The Morgan fingerprint density at radius 1 is 1.40 bits per heavy atom. The van der Waals surface area contributed by atoms with E-state index in [1.165, 1.54) is 6.07 Å². The summed E-state index contributed by atoms with van der Waals surface area (Å²) in [7, 11) is 3.47. The summed E-state index contributed by atoms with van der Waals surface area (Å²) < 4.78 is 14.5. The molecule has 112 valence electrons. The lowest BCUT2D eigenvalue weighted by molar-refractivity contribution is -0.131. The highest BCUT2D eigenvalue weighted by atomic mass is 79.9. The zero-order chi connectivity index (χ0) is 15.3. The summed E-state index contributed by atoms with van der Waals surface area (Å²) in [5.41, 5.74) is 0.555. The molecular formula is C15H22BrFN2O. The molecule has 1 aromatic rings. The molecule has 1 unspecified atom stereocenters. The van der Waals surface area contributed by atoms with Gasteiger partial charge in [0.15, 0.2) is 0 Å². The molecule has 0 spiro atoms. The first-order chi connectivity index (χ1) is 9.31. The lowest BCUT2D eigenvalue weighted by Crippen LogP contribution is -2.44. The Labute approximate surface area is 128 Å². The van der Waals surface area contributed by atoms with Crippen LogP contribution in [0.4, 0.5) is 4.39 Å². The Morgan fingerprint density at radius 2 is 2.05 bits per heavy atom. The summed E-state index contributed by atoms with van der Waals surface area (Å²) in [6.45, 7) is 4.47. The molecule has 1 amide bonds. The van der Waals surface area contributed by atoms with Gasteiger partial charge in [0.05, 0.1) is 6.04 Å². The van der Waals surface area contributed by atoms with Crippen LogP contribution in [-0.2, 0) is 11.3 Å². The zero-order valence-corrected chi connectivity index (χ0v) is 14.0. The first-order valence-corrected chi connectivity index (χ1v) is 7.49. The standard InChI is InChI=1S/C15H22BrFN2O/c1-10(2)7-14(15(20)19(3)4)18-9-11-8-12(16)5-6-13(11)17/h5-6,8,10,14,18H,7,9H2,1-4H3. The monoisotopic (exact) mass is 344 g/mol. The van der Waals surface area contributed by atoms with Crippen molar-refractivity contribution in [3.8, 4) is 0 Å². The number of nitrogens with one attached hydrogen (secondary N) is 1. The van der Waals surface area contributed by atoms with Crippen LogP contribution in [0.15, 0.2) is 22.7 Å². The molecule has 1 aromatic carbocycles. The fourth-order valence-corrected chi connectivity index (χ4v) is 2.37. The molecule has 1 N–H and O–H groups in total. The third-order valence-corrected chi connectivity index (χ3v) is 3.49. The summed E-state index contributed by atoms with van der Waals surface area (Å²) in [6.07, 6.45) is 0.729. The second-order valence-electron chi connectivity index (χ2n) is 5.53. The van der Waals surface area contributed by atoms with Crippen molar-refractivity contribution in [2.45, 2.75) is 32.9 Å². The van der Waals surface area contributed by atoms with Crippen molar-refractivity contribution in [3.05, 3.63) is 34.1 Å². The molecule has 0 fully saturated rings. The number of likely N-dealkylation sites (N-methyl/N-ethyl adjacent to an activating group) is 1. The van der Waals surface area contributed by atoms with Crippen LogP contribution >= 0.6 is 15.9 Å². The lowest BCUT2D eigenvalue weighted by Gasteiger charge is -2.23. The second kappa shape index (κ2) is 7.74. The van der Waals surface area contributed by atoms with Gasteiger partial charge in [0.2, 0.25) is 5.91 Å². The predicted octanol–water partition coefficient (Wildman–Crippen LogP) is 3.18. The van der Waals surface area contributed by atoms with Crippen molar-refractivity contribution in [2.24, 2.45) is 5.92 Å². The molecule has 0 saturated heterocycles. The van der Waals surface area contributed by atoms with Gasteiger partial charge in [-0.15, -0.1) is 0 Å². The van der Waals surface area contributed by atoms with Gasteiger partial charge < -0.3 is 10.2 Å². The molecule has 0 aliphatic heterocycles. The minimum atomic E-state index is -0.289. The molecule has 1 rings (SSSR count). The van der Waals surface area contributed by atoms with Gasteiger partial charge in [0, 0.05) is 30.7 Å². The van der Waals surface area contributed by atoms with Crippen LogP contribution < -0.4 is 5.32 Å². The van der Waals surface area contributed by atoms with Gasteiger partial charge in [-0.3, -0.25) is 4.79 Å². The third kappa shape index (κ3) is 5.21. The van der Waals surface area contributed by atoms with Crippen molar-refractivity contribution in [3.63, 3.8) is 0 Å². The highest BCUT2D eigenvalue weighted by molar-refractivity contribution is 9.10. The molecule has 0 aromatic heterocycles. The minimum absolute atomic E-state index is 0.0223. The van der Waals surface area contributed by atoms with E-state index in [4.69, 9.17) is 0 Å². The Balaban J connectivity index is 2.75. The Morgan fingerprint density at radius 3 is 2.60 bits per heavy atom. The summed E-state index contributed by atoms with van der Waals surface area (Å²) >= 11 is 3.33. The van der Waals surface area contributed by atoms with Crippen molar-refractivity contribution >= 4 is 21.8 Å². The number of carbonyl (C=O) groups excluding carboxylic acids is 1. The van der Waals surface area contributed by atoms with E-state index < -0.39 is 0 Å². The molecule has 1 atom stereocenters. The second-order valence-corrected chi connectivity index (χ2v) is 6.45. The normalized spacial score (nSPS) is 12.6. The minimum Gasteiger partial charge on any atom is -0.347 e.